The SMILES string of the molecule is NC(=O)c1c[nH]c(C(=O)O)c1. The maximum atomic E-state index is 10.4. The minimum atomic E-state index is -1.11. The Labute approximate surface area is 61.8 Å². The molecule has 0 atom stereocenters. The quantitative estimate of drug-likeness (QED) is 0.550. The lowest BCUT2D eigenvalue weighted by Gasteiger charge is -1.83. The van der Waals surface area contributed by atoms with Crippen molar-refractivity contribution in [3.8, 4) is 0 Å². The number of carboxylic acids is 1. The number of H-pyrrole nitrogens is 1. The molecule has 0 unspecified atom stereocenters. The zero-order valence-electron chi connectivity index (χ0n) is 5.50. The van der Waals surface area contributed by atoms with Crippen LogP contribution >= 0.6 is 0 Å². The standard InChI is InChI=1S/C6H6N2O3/c7-5(9)3-1-4(6(10)11)8-2-3/h1-2,8H,(H2,7,9)(H,10,11). The third kappa shape index (κ3) is 1.37. The van der Waals surface area contributed by atoms with E-state index in [1.165, 1.54) is 12.3 Å². The Balaban J connectivity index is 2.99. The second-order valence-corrected chi connectivity index (χ2v) is 1.97. The van der Waals surface area contributed by atoms with E-state index < -0.39 is 11.9 Å². The summed E-state index contributed by atoms with van der Waals surface area (Å²) in [5, 5.41) is 8.40. The number of aromatic nitrogens is 1. The van der Waals surface area contributed by atoms with E-state index >= 15 is 0 Å². The lowest BCUT2D eigenvalue weighted by molar-refractivity contribution is 0.0691. The highest BCUT2D eigenvalue weighted by Gasteiger charge is 2.08. The number of aromatic carboxylic acids is 1. The van der Waals surface area contributed by atoms with Crippen LogP contribution in [-0.4, -0.2) is 22.0 Å². The molecule has 0 saturated carbocycles. The summed E-state index contributed by atoms with van der Waals surface area (Å²) < 4.78 is 0. The molecular formula is C6H6N2O3. The molecule has 1 aromatic heterocycles. The molecule has 1 amide bonds. The molecule has 1 rings (SSSR count). The number of aromatic amines is 1. The number of nitrogens with one attached hydrogen (secondary N) is 1. The van der Waals surface area contributed by atoms with Gasteiger partial charge in [0, 0.05) is 6.20 Å². The number of rotatable bonds is 2. The highest BCUT2D eigenvalue weighted by molar-refractivity contribution is 5.96. The second-order valence-electron chi connectivity index (χ2n) is 1.97. The van der Waals surface area contributed by atoms with Crippen molar-refractivity contribution in [1.82, 2.24) is 4.98 Å². The predicted molar refractivity (Wildman–Crippen MR) is 36.3 cm³/mol. The van der Waals surface area contributed by atoms with Gasteiger partial charge in [-0.15, -0.1) is 0 Å². The number of nitrogens with two attached hydrogens (primary N) is 1. The fourth-order valence-electron chi connectivity index (χ4n) is 0.660. The van der Waals surface area contributed by atoms with Crippen LogP contribution in [0.4, 0.5) is 0 Å². The molecule has 11 heavy (non-hydrogen) atoms. The number of carbonyl (C=O) groups excluding carboxylic acids is 1. The van der Waals surface area contributed by atoms with Crippen LogP contribution in [0, 0.1) is 0 Å². The van der Waals surface area contributed by atoms with Crippen LogP contribution in [0.2, 0.25) is 0 Å². The lowest BCUT2D eigenvalue weighted by atomic mass is 10.3. The Kier molecular flexibility index (Phi) is 1.63. The molecule has 0 fully saturated rings. The molecule has 1 heterocycles. The molecule has 0 radical (unpaired) electrons. The topological polar surface area (TPSA) is 96.2 Å². The maximum Gasteiger partial charge on any atom is 0.352 e. The third-order valence-corrected chi connectivity index (χ3v) is 1.20. The smallest absolute Gasteiger partial charge is 0.352 e. The monoisotopic (exact) mass is 154 g/mol. The minimum absolute atomic E-state index is 0.0428. The van der Waals surface area contributed by atoms with Crippen molar-refractivity contribution in [2.24, 2.45) is 5.73 Å². The van der Waals surface area contributed by atoms with Crippen molar-refractivity contribution in [3.63, 3.8) is 0 Å². The van der Waals surface area contributed by atoms with Crippen LogP contribution in [0.25, 0.3) is 0 Å². The van der Waals surface area contributed by atoms with E-state index in [0.717, 1.165) is 0 Å². The summed E-state index contributed by atoms with van der Waals surface area (Å²) in [5.74, 6) is -1.76. The number of amides is 1. The van der Waals surface area contributed by atoms with Crippen LogP contribution in [0.15, 0.2) is 12.3 Å². The summed E-state index contributed by atoms with van der Waals surface area (Å²) in [4.78, 5) is 23.1. The first kappa shape index (κ1) is 7.33. The van der Waals surface area contributed by atoms with Gasteiger partial charge in [-0.05, 0) is 6.07 Å². The molecule has 0 aliphatic rings. The Hall–Kier alpha value is -1.78. The van der Waals surface area contributed by atoms with Crippen molar-refractivity contribution in [1.29, 1.82) is 0 Å². The average molecular weight is 154 g/mol. The van der Waals surface area contributed by atoms with E-state index in [9.17, 15) is 9.59 Å². The zero-order chi connectivity index (χ0) is 8.43. The Morgan fingerprint density at radius 2 is 2.18 bits per heavy atom. The van der Waals surface area contributed by atoms with Crippen molar-refractivity contribution in [3.05, 3.63) is 23.5 Å². The van der Waals surface area contributed by atoms with Crippen LogP contribution < -0.4 is 5.73 Å². The third-order valence-electron chi connectivity index (χ3n) is 1.20. The minimum Gasteiger partial charge on any atom is -0.477 e. The Bertz CT molecular complexity index is 274. The number of carbonyl (C=O) groups is 2. The summed E-state index contributed by atoms with van der Waals surface area (Å²) in [5.41, 5.74) is 5.00. The fraction of sp³-hybridized carbons (Fsp3) is 0. The molecule has 1 aromatic rings. The average Bonchev–Trinajstić information content (AvgIpc) is 2.33. The van der Waals surface area contributed by atoms with Gasteiger partial charge in [-0.2, -0.15) is 0 Å². The van der Waals surface area contributed by atoms with Crippen LogP contribution in [0.1, 0.15) is 20.8 Å². The summed E-state index contributed by atoms with van der Waals surface area (Å²) in [6.45, 7) is 0. The maximum absolute atomic E-state index is 10.4. The lowest BCUT2D eigenvalue weighted by Crippen LogP contribution is -2.09. The van der Waals surface area contributed by atoms with Crippen LogP contribution in [0.5, 0.6) is 0 Å². The van der Waals surface area contributed by atoms with Gasteiger partial charge >= 0.3 is 5.97 Å². The molecular weight excluding hydrogens is 148 g/mol. The first-order chi connectivity index (χ1) is 5.11. The number of primary amides is 1. The van der Waals surface area contributed by atoms with Gasteiger partial charge in [0.25, 0.3) is 0 Å². The molecule has 0 aromatic carbocycles. The van der Waals surface area contributed by atoms with Crippen LogP contribution in [0.3, 0.4) is 0 Å². The van der Waals surface area contributed by atoms with Gasteiger partial charge in [-0.1, -0.05) is 0 Å². The summed E-state index contributed by atoms with van der Waals surface area (Å²) >= 11 is 0. The van der Waals surface area contributed by atoms with E-state index in [4.69, 9.17) is 10.8 Å². The molecule has 0 spiro atoms. The molecule has 0 aliphatic carbocycles. The highest BCUT2D eigenvalue weighted by atomic mass is 16.4. The molecule has 58 valence electrons. The van der Waals surface area contributed by atoms with Gasteiger partial charge in [0.05, 0.1) is 5.56 Å². The van der Waals surface area contributed by atoms with Crippen molar-refractivity contribution in [2.75, 3.05) is 0 Å². The summed E-state index contributed by atoms with van der Waals surface area (Å²) in [6, 6.07) is 1.19. The number of hydrogen-bond donors (Lipinski definition) is 3. The second kappa shape index (κ2) is 2.45. The zero-order valence-corrected chi connectivity index (χ0v) is 5.50. The van der Waals surface area contributed by atoms with Gasteiger partial charge in [0.15, 0.2) is 0 Å². The summed E-state index contributed by atoms with van der Waals surface area (Å²) in [6.07, 6.45) is 1.26. The molecule has 0 saturated heterocycles. The van der Waals surface area contributed by atoms with Gasteiger partial charge < -0.3 is 15.8 Å². The van der Waals surface area contributed by atoms with Crippen molar-refractivity contribution < 1.29 is 14.7 Å². The predicted octanol–water partition coefficient (Wildman–Crippen LogP) is -0.188. The van der Waals surface area contributed by atoms with E-state index in [2.05, 4.69) is 4.98 Å². The van der Waals surface area contributed by atoms with Gasteiger partial charge in [-0.25, -0.2) is 4.79 Å². The first-order valence-electron chi connectivity index (χ1n) is 2.83. The normalized spacial score (nSPS) is 9.45. The van der Waals surface area contributed by atoms with Gasteiger partial charge in [0.2, 0.25) is 5.91 Å². The summed E-state index contributed by atoms with van der Waals surface area (Å²) in [7, 11) is 0. The first-order valence-corrected chi connectivity index (χ1v) is 2.83. The van der Waals surface area contributed by atoms with Gasteiger partial charge in [-0.3, -0.25) is 4.79 Å². The number of carboxylic acid groups (broad SMARTS) is 1. The Morgan fingerprint density at radius 3 is 2.45 bits per heavy atom. The van der Waals surface area contributed by atoms with E-state index in [0.29, 0.717) is 0 Å². The van der Waals surface area contributed by atoms with E-state index in [1.807, 2.05) is 0 Å². The molecule has 5 heteroatoms. The van der Waals surface area contributed by atoms with Crippen molar-refractivity contribution >= 4 is 11.9 Å². The molecule has 0 aliphatic heterocycles. The fourth-order valence-corrected chi connectivity index (χ4v) is 0.660. The van der Waals surface area contributed by atoms with Gasteiger partial charge in [0.1, 0.15) is 5.69 Å². The van der Waals surface area contributed by atoms with Crippen molar-refractivity contribution in [2.45, 2.75) is 0 Å². The molecule has 4 N–H and O–H groups in total. The highest BCUT2D eigenvalue weighted by Crippen LogP contribution is 2.01. The molecule has 0 bridgehead atoms. The van der Waals surface area contributed by atoms with E-state index in [1.54, 1.807) is 0 Å². The largest absolute Gasteiger partial charge is 0.477 e. The Morgan fingerprint density at radius 1 is 1.55 bits per heavy atom. The van der Waals surface area contributed by atoms with Crippen LogP contribution in [-0.2, 0) is 0 Å². The number of hydrogen-bond acceptors (Lipinski definition) is 2. The van der Waals surface area contributed by atoms with E-state index in [-0.39, 0.29) is 11.3 Å². The molecule has 5 nitrogen and oxygen atoms in total.